The van der Waals surface area contributed by atoms with Crippen molar-refractivity contribution in [2.75, 3.05) is 11.9 Å². The van der Waals surface area contributed by atoms with Crippen molar-refractivity contribution < 1.29 is 0 Å². The molecule has 0 aliphatic heterocycles. The molecule has 0 unspecified atom stereocenters. The molecule has 0 aliphatic carbocycles. The van der Waals surface area contributed by atoms with Crippen LogP contribution in [-0.4, -0.2) is 21.1 Å². The van der Waals surface area contributed by atoms with Gasteiger partial charge in [0.2, 0.25) is 5.95 Å². The number of nitrogens with zero attached hydrogens (tertiary/aromatic N) is 3. The van der Waals surface area contributed by atoms with E-state index in [1.807, 2.05) is 25.1 Å². The van der Waals surface area contributed by atoms with E-state index < -0.39 is 0 Å². The molecule has 21 heavy (non-hydrogen) atoms. The molecule has 5 nitrogen and oxygen atoms in total. The third-order valence-electron chi connectivity index (χ3n) is 3.31. The zero-order chi connectivity index (χ0) is 15.4. The fourth-order valence-electron chi connectivity index (χ4n) is 2.22. The Kier molecular flexibility index (Phi) is 4.73. The molecule has 0 atom stereocenters. The summed E-state index contributed by atoms with van der Waals surface area (Å²) in [6, 6.07) is 6.02. The molecule has 1 aromatic carbocycles. The number of para-hydroxylation sites is 1. The third kappa shape index (κ3) is 3.48. The lowest BCUT2D eigenvalue weighted by Crippen LogP contribution is -2.25. The van der Waals surface area contributed by atoms with E-state index in [0.717, 1.165) is 29.8 Å². The molecular formula is C16H22N4O. The summed E-state index contributed by atoms with van der Waals surface area (Å²) in [5.41, 5.74) is 2.74. The van der Waals surface area contributed by atoms with Gasteiger partial charge < -0.3 is 5.32 Å². The highest BCUT2D eigenvalue weighted by atomic mass is 16.1. The molecule has 112 valence electrons. The predicted molar refractivity (Wildman–Crippen MR) is 85.1 cm³/mol. The summed E-state index contributed by atoms with van der Waals surface area (Å²) in [7, 11) is 0. The van der Waals surface area contributed by atoms with Crippen molar-refractivity contribution in [1.82, 2.24) is 14.5 Å². The first-order chi connectivity index (χ1) is 10.0. The second kappa shape index (κ2) is 6.52. The fraction of sp³-hybridized carbons (Fsp3) is 0.438. The molecule has 5 heteroatoms. The molecule has 0 aliphatic rings. The Morgan fingerprint density at radius 3 is 2.71 bits per heavy atom. The van der Waals surface area contributed by atoms with Crippen molar-refractivity contribution in [1.29, 1.82) is 0 Å². The van der Waals surface area contributed by atoms with E-state index in [0.29, 0.717) is 11.9 Å². The van der Waals surface area contributed by atoms with Crippen LogP contribution in [0.4, 0.5) is 5.95 Å². The quantitative estimate of drug-likeness (QED) is 0.917. The Morgan fingerprint density at radius 2 is 2.10 bits per heavy atom. The smallest absolute Gasteiger partial charge is 0.354 e. The molecule has 0 fully saturated rings. The number of aryl methyl sites for hydroxylation is 2. The molecule has 1 N–H and O–H groups in total. The van der Waals surface area contributed by atoms with Crippen molar-refractivity contribution >= 4 is 5.95 Å². The molecule has 0 amide bonds. The number of nitrogens with one attached hydrogen (secondary N) is 1. The van der Waals surface area contributed by atoms with Gasteiger partial charge in [-0.15, -0.1) is 0 Å². The fourth-order valence-corrected chi connectivity index (χ4v) is 2.22. The molecule has 1 aromatic heterocycles. The summed E-state index contributed by atoms with van der Waals surface area (Å²) in [4.78, 5) is 20.5. The number of anilines is 1. The summed E-state index contributed by atoms with van der Waals surface area (Å²) in [6.07, 6.45) is 2.41. The van der Waals surface area contributed by atoms with Crippen LogP contribution >= 0.6 is 0 Å². The first-order valence-corrected chi connectivity index (χ1v) is 7.31. The Bertz CT molecular complexity index is 676. The maximum Gasteiger partial charge on any atom is 0.356 e. The Morgan fingerprint density at radius 1 is 1.33 bits per heavy atom. The normalized spacial score (nSPS) is 10.9. The van der Waals surface area contributed by atoms with E-state index in [1.54, 1.807) is 6.33 Å². The Labute approximate surface area is 125 Å². The van der Waals surface area contributed by atoms with E-state index in [9.17, 15) is 4.79 Å². The summed E-state index contributed by atoms with van der Waals surface area (Å²) < 4.78 is 1.52. The first-order valence-electron chi connectivity index (χ1n) is 7.31. The van der Waals surface area contributed by atoms with E-state index in [-0.39, 0.29) is 5.69 Å². The molecule has 0 bridgehead atoms. The van der Waals surface area contributed by atoms with E-state index in [2.05, 4.69) is 36.1 Å². The average molecular weight is 286 g/mol. The SMILES string of the molecule is CCc1cccc(C)c1-n1cnc(NCC(C)C)nc1=O. The molecule has 0 radical (unpaired) electrons. The second-order valence-electron chi connectivity index (χ2n) is 5.54. The van der Waals surface area contributed by atoms with Gasteiger partial charge in [0.15, 0.2) is 0 Å². The lowest BCUT2D eigenvalue weighted by atomic mass is 10.1. The lowest BCUT2D eigenvalue weighted by molar-refractivity contribution is 0.681. The highest BCUT2D eigenvalue weighted by Gasteiger charge is 2.10. The molecule has 0 spiro atoms. The van der Waals surface area contributed by atoms with E-state index in [4.69, 9.17) is 0 Å². The first kappa shape index (κ1) is 15.2. The molecular weight excluding hydrogens is 264 g/mol. The largest absolute Gasteiger partial charge is 0.356 e. The molecule has 0 saturated heterocycles. The van der Waals surface area contributed by atoms with Gasteiger partial charge >= 0.3 is 5.69 Å². The second-order valence-corrected chi connectivity index (χ2v) is 5.54. The Balaban J connectivity index is 2.40. The van der Waals surface area contributed by atoms with Crippen LogP contribution in [0.15, 0.2) is 29.3 Å². The van der Waals surface area contributed by atoms with Gasteiger partial charge in [0.25, 0.3) is 0 Å². The zero-order valence-corrected chi connectivity index (χ0v) is 13.1. The van der Waals surface area contributed by atoms with Crippen LogP contribution in [0.2, 0.25) is 0 Å². The van der Waals surface area contributed by atoms with Crippen LogP contribution in [0, 0.1) is 12.8 Å². The molecule has 2 aromatic rings. The minimum atomic E-state index is -0.305. The summed E-state index contributed by atoms with van der Waals surface area (Å²) in [6.45, 7) is 8.99. The zero-order valence-electron chi connectivity index (χ0n) is 13.1. The van der Waals surface area contributed by atoms with Gasteiger partial charge in [-0.1, -0.05) is 39.0 Å². The van der Waals surface area contributed by atoms with Gasteiger partial charge in [-0.3, -0.25) is 4.57 Å². The van der Waals surface area contributed by atoms with Crippen LogP contribution in [-0.2, 0) is 6.42 Å². The maximum absolute atomic E-state index is 12.3. The topological polar surface area (TPSA) is 59.8 Å². The monoisotopic (exact) mass is 286 g/mol. The number of aromatic nitrogens is 3. The number of rotatable bonds is 5. The summed E-state index contributed by atoms with van der Waals surface area (Å²) in [5, 5.41) is 3.07. The number of hydrogen-bond acceptors (Lipinski definition) is 4. The van der Waals surface area contributed by atoms with E-state index >= 15 is 0 Å². The van der Waals surface area contributed by atoms with Crippen LogP contribution < -0.4 is 11.0 Å². The molecule has 0 saturated carbocycles. The van der Waals surface area contributed by atoms with Crippen molar-refractivity contribution in [2.45, 2.75) is 34.1 Å². The molecule has 2 rings (SSSR count). The van der Waals surface area contributed by atoms with Gasteiger partial charge in [0.05, 0.1) is 5.69 Å². The predicted octanol–water partition coefficient (Wildman–Crippen LogP) is 2.57. The standard InChI is InChI=1S/C16H22N4O/c1-5-13-8-6-7-12(4)14(13)20-10-18-15(19-16(20)21)17-9-11(2)3/h6-8,10-11H,5,9H2,1-4H3,(H,17,19,21). The lowest BCUT2D eigenvalue weighted by Gasteiger charge is -2.13. The van der Waals surface area contributed by atoms with Crippen LogP contribution in [0.3, 0.4) is 0 Å². The van der Waals surface area contributed by atoms with Gasteiger partial charge in [-0.2, -0.15) is 4.98 Å². The van der Waals surface area contributed by atoms with Crippen molar-refractivity contribution in [2.24, 2.45) is 5.92 Å². The van der Waals surface area contributed by atoms with Crippen molar-refractivity contribution in [3.63, 3.8) is 0 Å². The van der Waals surface area contributed by atoms with Crippen molar-refractivity contribution in [3.05, 3.63) is 46.1 Å². The summed E-state index contributed by atoms with van der Waals surface area (Å²) in [5.74, 6) is 0.857. The van der Waals surface area contributed by atoms with Crippen LogP contribution in [0.25, 0.3) is 5.69 Å². The average Bonchev–Trinajstić information content (AvgIpc) is 2.45. The van der Waals surface area contributed by atoms with Crippen molar-refractivity contribution in [3.8, 4) is 5.69 Å². The van der Waals surface area contributed by atoms with Gasteiger partial charge in [0, 0.05) is 6.54 Å². The van der Waals surface area contributed by atoms with Crippen LogP contribution in [0.1, 0.15) is 31.9 Å². The van der Waals surface area contributed by atoms with Gasteiger partial charge in [0.1, 0.15) is 6.33 Å². The minimum Gasteiger partial charge on any atom is -0.354 e. The third-order valence-corrected chi connectivity index (χ3v) is 3.31. The number of hydrogen-bond donors (Lipinski definition) is 1. The highest BCUT2D eigenvalue weighted by molar-refractivity contribution is 5.47. The summed E-state index contributed by atoms with van der Waals surface area (Å²) >= 11 is 0. The van der Waals surface area contributed by atoms with E-state index in [1.165, 1.54) is 4.57 Å². The van der Waals surface area contributed by atoms with Gasteiger partial charge in [-0.25, -0.2) is 9.78 Å². The van der Waals surface area contributed by atoms with Gasteiger partial charge in [-0.05, 0) is 30.4 Å². The number of benzene rings is 1. The van der Waals surface area contributed by atoms with Crippen LogP contribution in [0.5, 0.6) is 0 Å². The molecule has 1 heterocycles. The maximum atomic E-state index is 12.3. The Hall–Kier alpha value is -2.17. The minimum absolute atomic E-state index is 0.305. The highest BCUT2D eigenvalue weighted by Crippen LogP contribution is 2.18.